The summed E-state index contributed by atoms with van der Waals surface area (Å²) in [5, 5.41) is 27.4. The number of carboxylic acid groups (broad SMARTS) is 2. The van der Waals surface area contributed by atoms with Crippen LogP contribution >= 0.6 is 0 Å². The number of benzene rings is 2. The molecule has 0 saturated heterocycles. The summed E-state index contributed by atoms with van der Waals surface area (Å²) in [6.45, 7) is 0. The van der Waals surface area contributed by atoms with Crippen molar-refractivity contribution >= 4 is 11.9 Å². The number of hydrogen-bond acceptors (Lipinski definition) is 3. The zero-order chi connectivity index (χ0) is 14.0. The molecule has 0 atom stereocenters. The minimum Gasteiger partial charge on any atom is -0.508 e. The van der Waals surface area contributed by atoms with E-state index in [0.717, 1.165) is 0 Å². The van der Waals surface area contributed by atoms with E-state index in [9.17, 15) is 19.8 Å². The fourth-order valence-electron chi connectivity index (χ4n) is 1.84. The summed E-state index contributed by atoms with van der Waals surface area (Å²) in [6, 6.07) is 10.1. The molecule has 0 aliphatic heterocycles. The van der Waals surface area contributed by atoms with Crippen molar-refractivity contribution in [2.45, 2.75) is 0 Å². The molecular formula is C14H10O5. The van der Waals surface area contributed by atoms with Crippen LogP contribution in [-0.4, -0.2) is 27.3 Å². The van der Waals surface area contributed by atoms with Gasteiger partial charge >= 0.3 is 11.9 Å². The summed E-state index contributed by atoms with van der Waals surface area (Å²) in [4.78, 5) is 22.3. The molecule has 0 spiro atoms. The van der Waals surface area contributed by atoms with Crippen molar-refractivity contribution < 1.29 is 24.9 Å². The van der Waals surface area contributed by atoms with Crippen LogP contribution in [0.25, 0.3) is 11.1 Å². The molecule has 96 valence electrons. The summed E-state index contributed by atoms with van der Waals surface area (Å²) in [7, 11) is 0. The van der Waals surface area contributed by atoms with Crippen LogP contribution in [0, 0.1) is 0 Å². The minimum absolute atomic E-state index is 0.0509. The summed E-state index contributed by atoms with van der Waals surface area (Å²) in [5.41, 5.74) is 0.296. The van der Waals surface area contributed by atoms with Crippen molar-refractivity contribution in [3.05, 3.63) is 53.6 Å². The normalized spacial score (nSPS) is 10.1. The van der Waals surface area contributed by atoms with E-state index in [2.05, 4.69) is 0 Å². The first-order chi connectivity index (χ1) is 9.00. The van der Waals surface area contributed by atoms with E-state index in [0.29, 0.717) is 11.1 Å². The fraction of sp³-hybridized carbons (Fsp3) is 0. The molecule has 2 aromatic rings. The molecule has 0 unspecified atom stereocenters. The van der Waals surface area contributed by atoms with Crippen molar-refractivity contribution in [3.63, 3.8) is 0 Å². The van der Waals surface area contributed by atoms with Gasteiger partial charge in [-0.05, 0) is 29.3 Å². The molecule has 0 aliphatic carbocycles. The Morgan fingerprint density at radius 1 is 0.842 bits per heavy atom. The van der Waals surface area contributed by atoms with Gasteiger partial charge < -0.3 is 15.3 Å². The average molecular weight is 258 g/mol. The van der Waals surface area contributed by atoms with Crippen molar-refractivity contribution in [2.24, 2.45) is 0 Å². The van der Waals surface area contributed by atoms with Gasteiger partial charge in [0, 0.05) is 0 Å². The fourth-order valence-corrected chi connectivity index (χ4v) is 1.84. The van der Waals surface area contributed by atoms with Crippen LogP contribution in [0.15, 0.2) is 42.5 Å². The molecule has 0 aliphatic rings. The second-order valence-corrected chi connectivity index (χ2v) is 3.89. The zero-order valence-electron chi connectivity index (χ0n) is 9.70. The molecule has 19 heavy (non-hydrogen) atoms. The Kier molecular flexibility index (Phi) is 3.20. The van der Waals surface area contributed by atoms with E-state index >= 15 is 0 Å². The van der Waals surface area contributed by atoms with Gasteiger partial charge in [-0.2, -0.15) is 0 Å². The zero-order valence-corrected chi connectivity index (χ0v) is 9.70. The largest absolute Gasteiger partial charge is 0.508 e. The van der Waals surface area contributed by atoms with E-state index in [1.165, 1.54) is 42.5 Å². The van der Waals surface area contributed by atoms with Gasteiger partial charge in [-0.3, -0.25) is 0 Å². The third-order valence-electron chi connectivity index (χ3n) is 2.69. The average Bonchev–Trinajstić information content (AvgIpc) is 2.38. The molecule has 2 aromatic carbocycles. The van der Waals surface area contributed by atoms with Crippen LogP contribution in [0.4, 0.5) is 0 Å². The molecule has 0 fully saturated rings. The molecule has 2 rings (SSSR count). The van der Waals surface area contributed by atoms with Crippen LogP contribution in [0.3, 0.4) is 0 Å². The first-order valence-electron chi connectivity index (χ1n) is 5.39. The summed E-state index contributed by atoms with van der Waals surface area (Å²) in [6.07, 6.45) is 0. The van der Waals surface area contributed by atoms with Crippen molar-refractivity contribution in [3.8, 4) is 16.9 Å². The standard InChI is InChI=1S/C14H10O5/c15-9-6-4-8(5-7-9)10-2-1-3-11(13(16)17)12(10)14(18)19/h1-7,15H,(H,16,17)(H,18,19). The van der Waals surface area contributed by atoms with Gasteiger partial charge in [0.05, 0.1) is 11.1 Å². The monoisotopic (exact) mass is 258 g/mol. The highest BCUT2D eigenvalue weighted by atomic mass is 16.4. The van der Waals surface area contributed by atoms with E-state index in [1.807, 2.05) is 0 Å². The molecule has 0 bridgehead atoms. The summed E-state index contributed by atoms with van der Waals surface area (Å²) < 4.78 is 0. The Balaban J connectivity index is 2.69. The van der Waals surface area contributed by atoms with E-state index < -0.39 is 11.9 Å². The lowest BCUT2D eigenvalue weighted by molar-refractivity contribution is 0.0652. The Morgan fingerprint density at radius 2 is 1.47 bits per heavy atom. The predicted molar refractivity (Wildman–Crippen MR) is 67.5 cm³/mol. The van der Waals surface area contributed by atoms with E-state index in [1.54, 1.807) is 0 Å². The maximum atomic E-state index is 11.3. The summed E-state index contributed by atoms with van der Waals surface area (Å²) >= 11 is 0. The Hall–Kier alpha value is -2.82. The van der Waals surface area contributed by atoms with Crippen LogP contribution in [0.2, 0.25) is 0 Å². The number of aromatic hydroxyl groups is 1. The molecule has 5 nitrogen and oxygen atoms in total. The lowest BCUT2D eigenvalue weighted by Gasteiger charge is -2.09. The molecule has 0 aromatic heterocycles. The van der Waals surface area contributed by atoms with Gasteiger partial charge in [0.15, 0.2) is 0 Å². The second-order valence-electron chi connectivity index (χ2n) is 3.89. The molecule has 5 heteroatoms. The Bertz CT molecular complexity index is 643. The maximum Gasteiger partial charge on any atom is 0.337 e. The first-order valence-corrected chi connectivity index (χ1v) is 5.39. The number of carboxylic acids is 2. The highest BCUT2D eigenvalue weighted by Crippen LogP contribution is 2.28. The van der Waals surface area contributed by atoms with Gasteiger partial charge in [0.2, 0.25) is 0 Å². The van der Waals surface area contributed by atoms with E-state index in [4.69, 9.17) is 5.11 Å². The van der Waals surface area contributed by atoms with Crippen LogP contribution in [-0.2, 0) is 0 Å². The lowest BCUT2D eigenvalue weighted by atomic mass is 9.95. The quantitative estimate of drug-likeness (QED) is 0.786. The Morgan fingerprint density at radius 3 is 2.00 bits per heavy atom. The topological polar surface area (TPSA) is 94.8 Å². The lowest BCUT2D eigenvalue weighted by Crippen LogP contribution is -2.09. The van der Waals surface area contributed by atoms with Crippen molar-refractivity contribution in [1.82, 2.24) is 0 Å². The second kappa shape index (κ2) is 4.81. The number of phenolic OH excluding ortho intramolecular Hbond substituents is 1. The molecule has 0 heterocycles. The molecule has 0 radical (unpaired) electrons. The number of phenols is 1. The number of hydrogen-bond donors (Lipinski definition) is 3. The predicted octanol–water partition coefficient (Wildman–Crippen LogP) is 2.46. The highest BCUT2D eigenvalue weighted by Gasteiger charge is 2.20. The minimum atomic E-state index is -1.30. The molecule has 0 saturated carbocycles. The molecule has 3 N–H and O–H groups in total. The van der Waals surface area contributed by atoms with Gasteiger partial charge in [-0.1, -0.05) is 24.3 Å². The molecular weight excluding hydrogens is 248 g/mol. The smallest absolute Gasteiger partial charge is 0.337 e. The van der Waals surface area contributed by atoms with Gasteiger partial charge in [-0.25, -0.2) is 9.59 Å². The van der Waals surface area contributed by atoms with Crippen LogP contribution in [0.1, 0.15) is 20.7 Å². The first kappa shape index (κ1) is 12.6. The van der Waals surface area contributed by atoms with Crippen molar-refractivity contribution in [2.75, 3.05) is 0 Å². The van der Waals surface area contributed by atoms with Gasteiger partial charge in [-0.15, -0.1) is 0 Å². The van der Waals surface area contributed by atoms with Gasteiger partial charge in [0.1, 0.15) is 5.75 Å². The van der Waals surface area contributed by atoms with Gasteiger partial charge in [0.25, 0.3) is 0 Å². The maximum absolute atomic E-state index is 11.3. The number of carbonyl (C=O) groups is 2. The Labute approximate surface area is 108 Å². The molecule has 0 amide bonds. The third kappa shape index (κ3) is 2.40. The SMILES string of the molecule is O=C(O)c1cccc(-c2ccc(O)cc2)c1C(=O)O. The van der Waals surface area contributed by atoms with E-state index in [-0.39, 0.29) is 16.9 Å². The number of aromatic carboxylic acids is 2. The van der Waals surface area contributed by atoms with Crippen LogP contribution in [0.5, 0.6) is 5.75 Å². The third-order valence-corrected chi connectivity index (χ3v) is 2.69. The number of rotatable bonds is 3. The highest BCUT2D eigenvalue weighted by molar-refractivity contribution is 6.06. The van der Waals surface area contributed by atoms with Crippen molar-refractivity contribution in [1.29, 1.82) is 0 Å². The summed E-state index contributed by atoms with van der Waals surface area (Å²) in [5.74, 6) is -2.55. The van der Waals surface area contributed by atoms with Crippen LogP contribution < -0.4 is 0 Å².